The van der Waals surface area contributed by atoms with E-state index in [9.17, 15) is 4.79 Å². The molecule has 0 heterocycles. The number of carbonyl (C=O) groups is 1. The molecule has 1 unspecified atom stereocenters. The zero-order valence-electron chi connectivity index (χ0n) is 10.5. The first-order chi connectivity index (χ1) is 8.43. The largest absolute Gasteiger partial charge is 0.481 e. The number of carboxylic acids is 1. The highest BCUT2D eigenvalue weighted by Crippen LogP contribution is 2.22. The Morgan fingerprint density at radius 2 is 2.11 bits per heavy atom. The van der Waals surface area contributed by atoms with Crippen LogP contribution in [0.1, 0.15) is 19.4 Å². The van der Waals surface area contributed by atoms with Crippen LogP contribution in [0.15, 0.2) is 18.2 Å². The topological polar surface area (TPSA) is 40.5 Å². The number of rotatable bonds is 6. The van der Waals surface area contributed by atoms with E-state index >= 15 is 0 Å². The third kappa shape index (κ3) is 4.48. The monoisotopic (exact) mass is 289 g/mol. The van der Waals surface area contributed by atoms with Crippen molar-refractivity contribution in [2.75, 3.05) is 13.1 Å². The third-order valence-electron chi connectivity index (χ3n) is 2.81. The molecule has 0 aliphatic heterocycles. The number of nitrogens with zero attached hydrogens (tertiary/aromatic N) is 1. The van der Waals surface area contributed by atoms with Crippen molar-refractivity contribution in [1.82, 2.24) is 4.90 Å². The maximum absolute atomic E-state index is 10.8. The Labute approximate surface area is 117 Å². The van der Waals surface area contributed by atoms with Crippen LogP contribution in [0.25, 0.3) is 0 Å². The lowest BCUT2D eigenvalue weighted by Gasteiger charge is -2.23. The van der Waals surface area contributed by atoms with Gasteiger partial charge in [-0.2, -0.15) is 0 Å². The zero-order chi connectivity index (χ0) is 13.7. The predicted octanol–water partition coefficient (Wildman–Crippen LogP) is 3.54. The number of carboxylic acid groups (broad SMARTS) is 1. The molecule has 0 amide bonds. The highest BCUT2D eigenvalue weighted by atomic mass is 35.5. The highest BCUT2D eigenvalue weighted by molar-refractivity contribution is 6.35. The van der Waals surface area contributed by atoms with Crippen LogP contribution in [0.3, 0.4) is 0 Å². The van der Waals surface area contributed by atoms with Crippen molar-refractivity contribution in [3.8, 4) is 0 Å². The van der Waals surface area contributed by atoms with E-state index in [0.717, 1.165) is 12.1 Å². The van der Waals surface area contributed by atoms with Gasteiger partial charge in [0.05, 0.1) is 5.92 Å². The molecule has 1 atom stereocenters. The molecule has 0 fully saturated rings. The van der Waals surface area contributed by atoms with Crippen LogP contribution in [0.2, 0.25) is 10.0 Å². The molecule has 5 heteroatoms. The summed E-state index contributed by atoms with van der Waals surface area (Å²) in [6, 6.07) is 5.36. The van der Waals surface area contributed by atoms with Gasteiger partial charge in [-0.1, -0.05) is 43.1 Å². The number of hydrogen-bond acceptors (Lipinski definition) is 2. The number of benzene rings is 1. The molecular weight excluding hydrogens is 273 g/mol. The second kappa shape index (κ2) is 6.98. The minimum Gasteiger partial charge on any atom is -0.481 e. The summed E-state index contributed by atoms with van der Waals surface area (Å²) >= 11 is 11.9. The normalized spacial score (nSPS) is 12.7. The van der Waals surface area contributed by atoms with E-state index in [-0.39, 0.29) is 0 Å². The molecule has 0 aromatic heterocycles. The van der Waals surface area contributed by atoms with Gasteiger partial charge in [-0.25, -0.2) is 0 Å². The molecule has 1 aromatic carbocycles. The second-order valence-corrected chi connectivity index (χ2v) is 5.15. The fraction of sp³-hybridized carbons (Fsp3) is 0.462. The average Bonchev–Trinajstić information content (AvgIpc) is 2.31. The van der Waals surface area contributed by atoms with Crippen molar-refractivity contribution in [3.05, 3.63) is 33.8 Å². The van der Waals surface area contributed by atoms with E-state index in [4.69, 9.17) is 28.3 Å². The zero-order valence-corrected chi connectivity index (χ0v) is 12.0. The van der Waals surface area contributed by atoms with Crippen molar-refractivity contribution in [2.24, 2.45) is 5.92 Å². The molecule has 0 saturated heterocycles. The first-order valence-corrected chi connectivity index (χ1v) is 6.58. The minimum atomic E-state index is -0.782. The van der Waals surface area contributed by atoms with Gasteiger partial charge in [-0.15, -0.1) is 0 Å². The lowest BCUT2D eigenvalue weighted by molar-refractivity contribution is -0.141. The molecule has 100 valence electrons. The average molecular weight is 290 g/mol. The highest BCUT2D eigenvalue weighted by Gasteiger charge is 2.16. The van der Waals surface area contributed by atoms with Gasteiger partial charge < -0.3 is 5.11 Å². The van der Waals surface area contributed by atoms with Crippen LogP contribution < -0.4 is 0 Å². The van der Waals surface area contributed by atoms with Crippen molar-refractivity contribution in [1.29, 1.82) is 0 Å². The molecule has 0 saturated carbocycles. The van der Waals surface area contributed by atoms with E-state index in [0.29, 0.717) is 23.1 Å². The molecular formula is C13H17Cl2NO2. The summed E-state index contributed by atoms with van der Waals surface area (Å²) in [6.45, 7) is 5.61. The minimum absolute atomic E-state index is 0.393. The van der Waals surface area contributed by atoms with Gasteiger partial charge in [0.2, 0.25) is 0 Å². The van der Waals surface area contributed by atoms with E-state index in [2.05, 4.69) is 0 Å². The summed E-state index contributed by atoms with van der Waals surface area (Å²) < 4.78 is 0. The quantitative estimate of drug-likeness (QED) is 0.871. The molecule has 0 aliphatic carbocycles. The summed E-state index contributed by atoms with van der Waals surface area (Å²) in [5.74, 6) is -1.17. The Morgan fingerprint density at radius 3 is 2.61 bits per heavy atom. The van der Waals surface area contributed by atoms with Crippen LogP contribution in [0.5, 0.6) is 0 Å². The molecule has 3 nitrogen and oxygen atoms in total. The maximum atomic E-state index is 10.8. The van der Waals surface area contributed by atoms with Gasteiger partial charge in [0.15, 0.2) is 0 Å². The van der Waals surface area contributed by atoms with Crippen molar-refractivity contribution in [2.45, 2.75) is 20.4 Å². The molecule has 0 aliphatic rings. The van der Waals surface area contributed by atoms with Crippen LogP contribution in [-0.4, -0.2) is 29.1 Å². The fourth-order valence-corrected chi connectivity index (χ4v) is 2.13. The molecule has 0 bridgehead atoms. The van der Waals surface area contributed by atoms with Crippen LogP contribution in [0.4, 0.5) is 0 Å². The first kappa shape index (κ1) is 15.3. The summed E-state index contributed by atoms with van der Waals surface area (Å²) in [5.41, 5.74) is 0.959. The van der Waals surface area contributed by atoms with Gasteiger partial charge in [0, 0.05) is 23.1 Å². The third-order valence-corrected chi connectivity index (χ3v) is 3.40. The number of halogens is 2. The van der Waals surface area contributed by atoms with Crippen molar-refractivity contribution >= 4 is 29.2 Å². The maximum Gasteiger partial charge on any atom is 0.307 e. The molecule has 1 N–H and O–H groups in total. The smallest absolute Gasteiger partial charge is 0.307 e. The predicted molar refractivity (Wildman–Crippen MR) is 74.2 cm³/mol. The van der Waals surface area contributed by atoms with Crippen LogP contribution in [0, 0.1) is 5.92 Å². The van der Waals surface area contributed by atoms with Gasteiger partial charge in [-0.3, -0.25) is 9.69 Å². The Bertz CT molecular complexity index is 423. The van der Waals surface area contributed by atoms with Gasteiger partial charge in [0.25, 0.3) is 0 Å². The van der Waals surface area contributed by atoms with E-state index in [1.807, 2.05) is 17.9 Å². The fourth-order valence-electron chi connectivity index (χ4n) is 1.66. The lowest BCUT2D eigenvalue weighted by atomic mass is 10.1. The summed E-state index contributed by atoms with van der Waals surface area (Å²) in [5, 5.41) is 10.1. The van der Waals surface area contributed by atoms with Gasteiger partial charge in [-0.05, 0) is 24.2 Å². The summed E-state index contributed by atoms with van der Waals surface area (Å²) in [6.07, 6.45) is 0. The molecule has 1 rings (SSSR count). The van der Waals surface area contributed by atoms with Crippen molar-refractivity contribution in [3.63, 3.8) is 0 Å². The Kier molecular flexibility index (Phi) is 5.93. The first-order valence-electron chi connectivity index (χ1n) is 5.83. The standard InChI is InChI=1S/C13H17Cl2NO2/c1-3-16(7-9(2)13(17)18)8-10-4-5-11(14)6-12(10)15/h4-6,9H,3,7-8H2,1-2H3,(H,17,18). The molecule has 0 radical (unpaired) electrons. The molecule has 0 spiro atoms. The van der Waals surface area contributed by atoms with E-state index < -0.39 is 11.9 Å². The summed E-state index contributed by atoms with van der Waals surface area (Å²) in [7, 11) is 0. The molecule has 18 heavy (non-hydrogen) atoms. The van der Waals surface area contributed by atoms with Crippen LogP contribution in [-0.2, 0) is 11.3 Å². The Morgan fingerprint density at radius 1 is 1.44 bits per heavy atom. The van der Waals surface area contributed by atoms with Gasteiger partial charge in [0.1, 0.15) is 0 Å². The lowest BCUT2D eigenvalue weighted by Crippen LogP contribution is -2.31. The van der Waals surface area contributed by atoms with Crippen LogP contribution >= 0.6 is 23.2 Å². The van der Waals surface area contributed by atoms with Crippen molar-refractivity contribution < 1.29 is 9.90 Å². The SMILES string of the molecule is CCN(Cc1ccc(Cl)cc1Cl)CC(C)C(=O)O. The molecule has 1 aromatic rings. The Balaban J connectivity index is 2.70. The Hall–Kier alpha value is -0.770. The summed E-state index contributed by atoms with van der Waals surface area (Å²) in [4.78, 5) is 12.9. The number of hydrogen-bond donors (Lipinski definition) is 1. The van der Waals surface area contributed by atoms with E-state index in [1.54, 1.807) is 19.1 Å². The second-order valence-electron chi connectivity index (χ2n) is 4.30. The number of aliphatic carboxylic acids is 1. The van der Waals surface area contributed by atoms with Gasteiger partial charge >= 0.3 is 5.97 Å². The van der Waals surface area contributed by atoms with E-state index in [1.165, 1.54) is 0 Å².